The van der Waals surface area contributed by atoms with Crippen LogP contribution in [0.3, 0.4) is 0 Å². The minimum atomic E-state index is -1.16. The van der Waals surface area contributed by atoms with Gasteiger partial charge in [0.25, 0.3) is 0 Å². The van der Waals surface area contributed by atoms with Gasteiger partial charge in [0.2, 0.25) is 0 Å². The van der Waals surface area contributed by atoms with Crippen molar-refractivity contribution in [3.8, 4) is 0 Å². The zero-order valence-electron chi connectivity index (χ0n) is 23.7. The van der Waals surface area contributed by atoms with Crippen LogP contribution in [0.15, 0.2) is 23.8 Å². The molecule has 0 bridgehead atoms. The third kappa shape index (κ3) is 7.79. The molecular weight excluding hydrogens is 452 g/mol. The quantitative estimate of drug-likeness (QED) is 0.242. The van der Waals surface area contributed by atoms with Crippen molar-refractivity contribution < 1.29 is 18.7 Å². The van der Waals surface area contributed by atoms with Gasteiger partial charge in [-0.1, -0.05) is 66.2 Å². The van der Waals surface area contributed by atoms with Crippen LogP contribution in [0.5, 0.6) is 0 Å². The molecule has 3 aliphatic rings. The average Bonchev–Trinajstić information content (AvgIpc) is 2.77. The highest BCUT2D eigenvalue weighted by molar-refractivity contribution is 6.48. The van der Waals surface area contributed by atoms with E-state index in [4.69, 9.17) is 13.9 Å². The summed E-state index contributed by atoms with van der Waals surface area (Å²) >= 11 is 0. The topological polar surface area (TPSA) is 44.8 Å². The van der Waals surface area contributed by atoms with E-state index in [2.05, 4.69) is 65.9 Å². The summed E-state index contributed by atoms with van der Waals surface area (Å²) in [6, 6.07) is 0. The summed E-state index contributed by atoms with van der Waals surface area (Å²) in [6.07, 6.45) is 15.3. The van der Waals surface area contributed by atoms with Crippen LogP contribution in [-0.4, -0.2) is 33.5 Å². The predicted octanol–water partition coefficient (Wildman–Crippen LogP) is 7.44. The van der Waals surface area contributed by atoms with Crippen molar-refractivity contribution in [2.45, 2.75) is 125 Å². The standard InChI is InChI=1S/C30H52O4Si/c1-9-11-21(3)29(31)33-26-13-10-12-22-15-14-20(2)25(28(22)26)17-16-24-18-23(30(4,5)6)19-27(32-24)34-35(7)8/h12,14-15,20-21,23-28,35H,9-11,13,16-19H2,1-8H3/t20-,21-,23+,24+,25-,26-,27?,28-/m0/s1. The smallest absolute Gasteiger partial charge is 0.308 e. The molecule has 0 spiro atoms. The van der Waals surface area contributed by atoms with E-state index in [0.29, 0.717) is 23.7 Å². The van der Waals surface area contributed by atoms with E-state index in [-0.39, 0.29) is 35.8 Å². The van der Waals surface area contributed by atoms with Gasteiger partial charge in [-0.05, 0) is 80.4 Å². The first-order valence-corrected chi connectivity index (χ1v) is 17.2. The third-order valence-electron chi connectivity index (χ3n) is 8.58. The van der Waals surface area contributed by atoms with Crippen molar-refractivity contribution in [2.24, 2.45) is 35.0 Å². The molecule has 200 valence electrons. The Morgan fingerprint density at radius 3 is 2.63 bits per heavy atom. The summed E-state index contributed by atoms with van der Waals surface area (Å²) < 4.78 is 19.0. The van der Waals surface area contributed by atoms with E-state index >= 15 is 0 Å². The number of esters is 1. The number of allylic oxidation sites excluding steroid dienone is 3. The fraction of sp³-hybridized carbons (Fsp3) is 0.833. The van der Waals surface area contributed by atoms with Crippen molar-refractivity contribution in [3.63, 3.8) is 0 Å². The molecule has 1 aliphatic heterocycles. The van der Waals surface area contributed by atoms with Gasteiger partial charge in [-0.15, -0.1) is 0 Å². The molecule has 3 rings (SSSR count). The Hall–Kier alpha value is -0.913. The molecule has 2 aliphatic carbocycles. The lowest BCUT2D eigenvalue weighted by atomic mass is 9.66. The highest BCUT2D eigenvalue weighted by atomic mass is 28.3. The third-order valence-corrected chi connectivity index (χ3v) is 9.42. The van der Waals surface area contributed by atoms with Gasteiger partial charge in [0.15, 0.2) is 9.04 Å². The number of rotatable bonds is 9. The van der Waals surface area contributed by atoms with Gasteiger partial charge in [0, 0.05) is 12.3 Å². The van der Waals surface area contributed by atoms with Gasteiger partial charge >= 0.3 is 5.97 Å². The fourth-order valence-corrected chi connectivity index (χ4v) is 7.19. The molecule has 1 heterocycles. The molecule has 0 aromatic heterocycles. The second-order valence-corrected chi connectivity index (χ2v) is 15.2. The summed E-state index contributed by atoms with van der Waals surface area (Å²) in [5.74, 6) is 1.83. The molecule has 1 fully saturated rings. The normalized spacial score (nSPS) is 34.3. The molecule has 0 amide bonds. The number of carbonyl (C=O) groups excluding carboxylic acids is 1. The van der Waals surface area contributed by atoms with Crippen molar-refractivity contribution in [2.75, 3.05) is 0 Å². The predicted molar refractivity (Wildman–Crippen MR) is 147 cm³/mol. The number of hydrogen-bond donors (Lipinski definition) is 0. The maximum Gasteiger partial charge on any atom is 0.308 e. The SMILES string of the molecule is CCC[C@H](C)C(=O)O[C@H]1CCC=C2C=C[C@H](C)[C@H](CC[C@@H]3C[C@@H](C(C)(C)C)CC(O[SiH](C)C)O3)[C@H]21. The van der Waals surface area contributed by atoms with E-state index in [0.717, 1.165) is 51.4 Å². The Kier molecular flexibility index (Phi) is 10.3. The highest BCUT2D eigenvalue weighted by Crippen LogP contribution is 2.45. The van der Waals surface area contributed by atoms with E-state index in [1.54, 1.807) is 0 Å². The molecule has 0 aromatic rings. The van der Waals surface area contributed by atoms with Crippen molar-refractivity contribution >= 4 is 15.0 Å². The lowest BCUT2D eigenvalue weighted by Gasteiger charge is -2.44. The first kappa shape index (κ1) is 28.7. The Morgan fingerprint density at radius 2 is 1.97 bits per heavy atom. The van der Waals surface area contributed by atoms with Gasteiger partial charge in [0.05, 0.1) is 12.0 Å². The van der Waals surface area contributed by atoms with Crippen LogP contribution in [0.25, 0.3) is 0 Å². The zero-order valence-corrected chi connectivity index (χ0v) is 24.9. The zero-order chi connectivity index (χ0) is 25.8. The van der Waals surface area contributed by atoms with E-state index in [1.165, 1.54) is 5.57 Å². The molecule has 1 saturated heterocycles. The first-order chi connectivity index (χ1) is 16.5. The van der Waals surface area contributed by atoms with Crippen LogP contribution in [-0.2, 0) is 18.7 Å². The number of carbonyl (C=O) groups is 1. The Morgan fingerprint density at radius 1 is 1.23 bits per heavy atom. The average molecular weight is 505 g/mol. The molecule has 0 aromatic carbocycles. The van der Waals surface area contributed by atoms with Crippen molar-refractivity contribution in [3.05, 3.63) is 23.8 Å². The van der Waals surface area contributed by atoms with E-state index in [9.17, 15) is 4.79 Å². The minimum Gasteiger partial charge on any atom is -0.461 e. The lowest BCUT2D eigenvalue weighted by molar-refractivity contribution is -0.179. The van der Waals surface area contributed by atoms with Gasteiger partial charge < -0.3 is 13.9 Å². The van der Waals surface area contributed by atoms with Crippen molar-refractivity contribution in [1.82, 2.24) is 0 Å². The van der Waals surface area contributed by atoms with Crippen LogP contribution in [0.1, 0.15) is 92.9 Å². The molecular formula is C30H52O4Si. The molecule has 35 heavy (non-hydrogen) atoms. The second kappa shape index (κ2) is 12.6. The molecule has 0 saturated carbocycles. The van der Waals surface area contributed by atoms with Crippen LogP contribution >= 0.6 is 0 Å². The van der Waals surface area contributed by atoms with Gasteiger partial charge in [-0.25, -0.2) is 0 Å². The highest BCUT2D eigenvalue weighted by Gasteiger charge is 2.42. The number of ether oxygens (including phenoxy) is 2. The number of fused-ring (bicyclic) bond motifs is 1. The molecule has 5 heteroatoms. The van der Waals surface area contributed by atoms with Gasteiger partial charge in [-0.2, -0.15) is 0 Å². The van der Waals surface area contributed by atoms with Gasteiger partial charge in [0.1, 0.15) is 12.4 Å². The Bertz CT molecular complexity index is 752. The summed E-state index contributed by atoms with van der Waals surface area (Å²) in [5, 5.41) is 0. The summed E-state index contributed by atoms with van der Waals surface area (Å²) in [4.78, 5) is 12.8. The summed E-state index contributed by atoms with van der Waals surface area (Å²) in [5.41, 5.74) is 1.64. The summed E-state index contributed by atoms with van der Waals surface area (Å²) in [7, 11) is -1.16. The van der Waals surface area contributed by atoms with E-state index < -0.39 is 9.04 Å². The summed E-state index contributed by atoms with van der Waals surface area (Å²) in [6.45, 7) is 18.0. The molecule has 8 atom stereocenters. The van der Waals surface area contributed by atoms with Crippen molar-refractivity contribution in [1.29, 1.82) is 0 Å². The monoisotopic (exact) mass is 504 g/mol. The van der Waals surface area contributed by atoms with E-state index in [1.807, 2.05) is 6.92 Å². The number of hydrogen-bond acceptors (Lipinski definition) is 4. The lowest BCUT2D eigenvalue weighted by Crippen LogP contribution is -2.42. The Labute approximate surface area is 217 Å². The minimum absolute atomic E-state index is 0.00294. The second-order valence-electron chi connectivity index (χ2n) is 12.8. The van der Waals surface area contributed by atoms with Crippen LogP contribution in [0.2, 0.25) is 13.1 Å². The Balaban J connectivity index is 1.71. The largest absolute Gasteiger partial charge is 0.461 e. The maximum atomic E-state index is 12.8. The molecule has 4 nitrogen and oxygen atoms in total. The molecule has 0 radical (unpaired) electrons. The molecule has 1 unspecified atom stereocenters. The fourth-order valence-electron chi connectivity index (χ4n) is 6.40. The van der Waals surface area contributed by atoms with Gasteiger partial charge in [-0.3, -0.25) is 4.79 Å². The van der Waals surface area contributed by atoms with Crippen LogP contribution < -0.4 is 0 Å². The van der Waals surface area contributed by atoms with Crippen LogP contribution in [0, 0.1) is 35.0 Å². The molecule has 0 N–H and O–H groups in total. The maximum absolute atomic E-state index is 12.8. The first-order valence-electron chi connectivity index (χ1n) is 14.4. The van der Waals surface area contributed by atoms with Crippen LogP contribution in [0.4, 0.5) is 0 Å².